The summed E-state index contributed by atoms with van der Waals surface area (Å²) < 4.78 is 0. The van der Waals surface area contributed by atoms with E-state index in [0.717, 1.165) is 30.5 Å². The highest BCUT2D eigenvalue weighted by molar-refractivity contribution is 7.15. The molecular weight excluding hydrogens is 218 g/mol. The first-order chi connectivity index (χ1) is 7.59. The molecule has 1 aromatic rings. The predicted octanol–water partition coefficient (Wildman–Crippen LogP) is 2.56. The number of anilines is 1. The van der Waals surface area contributed by atoms with Gasteiger partial charge in [-0.3, -0.25) is 0 Å². The van der Waals surface area contributed by atoms with Gasteiger partial charge in [0.15, 0.2) is 5.13 Å². The number of nitrogens with zero attached hydrogens (tertiary/aromatic N) is 1. The molecule has 4 heteroatoms. The van der Waals surface area contributed by atoms with Gasteiger partial charge in [0.1, 0.15) is 0 Å². The van der Waals surface area contributed by atoms with Crippen LogP contribution in [0.15, 0.2) is 0 Å². The second-order valence-corrected chi connectivity index (χ2v) is 6.28. The molecule has 0 aliphatic carbocycles. The Morgan fingerprint density at radius 1 is 1.38 bits per heavy atom. The van der Waals surface area contributed by atoms with E-state index in [1.54, 1.807) is 11.3 Å². The molecule has 0 aromatic carbocycles. The quantitative estimate of drug-likeness (QED) is 0.851. The van der Waals surface area contributed by atoms with Gasteiger partial charge in [-0.05, 0) is 45.2 Å². The van der Waals surface area contributed by atoms with Crippen LogP contribution in [-0.4, -0.2) is 24.6 Å². The molecule has 2 N–H and O–H groups in total. The zero-order chi connectivity index (χ0) is 11.6. The average Bonchev–Trinajstić information content (AvgIpc) is 2.57. The molecule has 0 unspecified atom stereocenters. The van der Waals surface area contributed by atoms with Gasteiger partial charge in [-0.1, -0.05) is 6.92 Å². The Morgan fingerprint density at radius 2 is 2.06 bits per heavy atom. The number of piperidine rings is 1. The first kappa shape index (κ1) is 11.9. The van der Waals surface area contributed by atoms with Crippen LogP contribution in [-0.2, 0) is 0 Å². The molecule has 1 fully saturated rings. The Kier molecular flexibility index (Phi) is 3.50. The minimum Gasteiger partial charge on any atom is -0.361 e. The first-order valence-corrected chi connectivity index (χ1v) is 6.79. The molecule has 0 radical (unpaired) electrons. The van der Waals surface area contributed by atoms with Crippen LogP contribution < -0.4 is 10.6 Å². The lowest BCUT2D eigenvalue weighted by Crippen LogP contribution is -2.39. The molecule has 0 saturated carbocycles. The third-order valence-electron chi connectivity index (χ3n) is 3.51. The topological polar surface area (TPSA) is 37.0 Å². The van der Waals surface area contributed by atoms with Gasteiger partial charge in [0.25, 0.3) is 0 Å². The second kappa shape index (κ2) is 4.72. The van der Waals surface area contributed by atoms with Gasteiger partial charge in [0.05, 0.1) is 5.69 Å². The van der Waals surface area contributed by atoms with E-state index in [0.29, 0.717) is 5.41 Å². The minimum absolute atomic E-state index is 0.429. The summed E-state index contributed by atoms with van der Waals surface area (Å²) in [6.07, 6.45) is 2.51. The molecule has 2 heterocycles. The van der Waals surface area contributed by atoms with Gasteiger partial charge in [-0.25, -0.2) is 4.98 Å². The highest BCUT2D eigenvalue weighted by atomic mass is 32.1. The summed E-state index contributed by atoms with van der Waals surface area (Å²) in [5, 5.41) is 7.99. The van der Waals surface area contributed by atoms with Crippen LogP contribution in [0.25, 0.3) is 0 Å². The molecule has 1 aliphatic heterocycles. The van der Waals surface area contributed by atoms with Crippen molar-refractivity contribution in [2.24, 2.45) is 5.41 Å². The van der Waals surface area contributed by atoms with Gasteiger partial charge in [-0.15, -0.1) is 11.3 Å². The van der Waals surface area contributed by atoms with Crippen LogP contribution >= 0.6 is 11.3 Å². The van der Waals surface area contributed by atoms with Crippen molar-refractivity contribution in [1.82, 2.24) is 10.3 Å². The highest BCUT2D eigenvalue weighted by Gasteiger charge is 2.26. The first-order valence-electron chi connectivity index (χ1n) is 5.98. The van der Waals surface area contributed by atoms with Crippen molar-refractivity contribution < 1.29 is 0 Å². The van der Waals surface area contributed by atoms with Gasteiger partial charge < -0.3 is 10.6 Å². The van der Waals surface area contributed by atoms with Gasteiger partial charge in [-0.2, -0.15) is 0 Å². The van der Waals surface area contributed by atoms with E-state index in [-0.39, 0.29) is 0 Å². The molecule has 1 aromatic heterocycles. The van der Waals surface area contributed by atoms with Crippen molar-refractivity contribution in [3.8, 4) is 0 Å². The summed E-state index contributed by atoms with van der Waals surface area (Å²) in [4.78, 5) is 5.84. The summed E-state index contributed by atoms with van der Waals surface area (Å²) in [5.41, 5.74) is 1.58. The predicted molar refractivity (Wildman–Crippen MR) is 70.3 cm³/mol. The highest BCUT2D eigenvalue weighted by Crippen LogP contribution is 2.29. The van der Waals surface area contributed by atoms with E-state index in [4.69, 9.17) is 0 Å². The molecule has 0 atom stereocenters. The summed E-state index contributed by atoms with van der Waals surface area (Å²) in [6, 6.07) is 0. The third-order valence-corrected chi connectivity index (χ3v) is 4.54. The lowest BCUT2D eigenvalue weighted by atomic mass is 9.81. The zero-order valence-electron chi connectivity index (χ0n) is 10.4. The lowest BCUT2D eigenvalue weighted by Gasteiger charge is -2.34. The molecule has 16 heavy (non-hydrogen) atoms. The van der Waals surface area contributed by atoms with E-state index in [1.165, 1.54) is 17.7 Å². The molecule has 1 aliphatic rings. The average molecular weight is 239 g/mol. The Balaban J connectivity index is 1.91. The van der Waals surface area contributed by atoms with Crippen molar-refractivity contribution in [2.75, 3.05) is 25.0 Å². The molecule has 3 nitrogen and oxygen atoms in total. The maximum Gasteiger partial charge on any atom is 0.183 e. The zero-order valence-corrected chi connectivity index (χ0v) is 11.2. The maximum atomic E-state index is 4.52. The van der Waals surface area contributed by atoms with E-state index in [1.807, 2.05) is 0 Å². The van der Waals surface area contributed by atoms with Gasteiger partial charge in [0, 0.05) is 11.4 Å². The van der Waals surface area contributed by atoms with Crippen LogP contribution in [0.5, 0.6) is 0 Å². The molecule has 0 bridgehead atoms. The van der Waals surface area contributed by atoms with E-state index in [2.05, 4.69) is 36.4 Å². The van der Waals surface area contributed by atoms with E-state index < -0.39 is 0 Å². The van der Waals surface area contributed by atoms with Crippen molar-refractivity contribution in [2.45, 2.75) is 33.6 Å². The molecule has 2 rings (SSSR count). The Hall–Kier alpha value is -0.610. The maximum absolute atomic E-state index is 4.52. The van der Waals surface area contributed by atoms with Crippen LogP contribution in [0.3, 0.4) is 0 Å². The van der Waals surface area contributed by atoms with Crippen molar-refractivity contribution >= 4 is 16.5 Å². The standard InChI is InChI=1S/C12H21N3S/c1-9-10(2)16-11(15-9)14-8-12(3)4-6-13-7-5-12/h13H,4-8H2,1-3H3,(H,14,15). The lowest BCUT2D eigenvalue weighted by molar-refractivity contribution is 0.247. The SMILES string of the molecule is Cc1nc(NCC2(C)CCNCC2)sc1C. The van der Waals surface area contributed by atoms with Crippen molar-refractivity contribution in [1.29, 1.82) is 0 Å². The van der Waals surface area contributed by atoms with Crippen LogP contribution in [0, 0.1) is 19.3 Å². The molecule has 0 amide bonds. The fraction of sp³-hybridized carbons (Fsp3) is 0.750. The molecule has 90 valence electrons. The van der Waals surface area contributed by atoms with E-state index >= 15 is 0 Å². The van der Waals surface area contributed by atoms with E-state index in [9.17, 15) is 0 Å². The normalized spacial score (nSPS) is 19.7. The van der Waals surface area contributed by atoms with Gasteiger partial charge in [0.2, 0.25) is 0 Å². The second-order valence-electron chi connectivity index (χ2n) is 5.07. The summed E-state index contributed by atoms with van der Waals surface area (Å²) in [7, 11) is 0. The summed E-state index contributed by atoms with van der Waals surface area (Å²) >= 11 is 1.76. The molecular formula is C12H21N3S. The fourth-order valence-electron chi connectivity index (χ4n) is 2.04. The largest absolute Gasteiger partial charge is 0.361 e. The fourth-order valence-corrected chi connectivity index (χ4v) is 2.85. The number of aromatic nitrogens is 1. The van der Waals surface area contributed by atoms with Crippen LogP contribution in [0.1, 0.15) is 30.3 Å². The molecule has 0 spiro atoms. The number of aryl methyl sites for hydroxylation is 2. The third kappa shape index (κ3) is 2.74. The Labute approximate surface area is 102 Å². The Bertz CT molecular complexity index is 334. The summed E-state index contributed by atoms with van der Waals surface area (Å²) in [6.45, 7) is 9.91. The minimum atomic E-state index is 0.429. The summed E-state index contributed by atoms with van der Waals surface area (Å²) in [5.74, 6) is 0. The number of hydrogen-bond acceptors (Lipinski definition) is 4. The molecule has 1 saturated heterocycles. The number of rotatable bonds is 3. The monoisotopic (exact) mass is 239 g/mol. The van der Waals surface area contributed by atoms with Crippen LogP contribution in [0.4, 0.5) is 5.13 Å². The van der Waals surface area contributed by atoms with Crippen LogP contribution in [0.2, 0.25) is 0 Å². The number of thiazole rings is 1. The number of hydrogen-bond donors (Lipinski definition) is 2. The number of nitrogens with one attached hydrogen (secondary N) is 2. The smallest absolute Gasteiger partial charge is 0.183 e. The van der Waals surface area contributed by atoms with Gasteiger partial charge >= 0.3 is 0 Å². The van der Waals surface area contributed by atoms with Crippen molar-refractivity contribution in [3.05, 3.63) is 10.6 Å². The van der Waals surface area contributed by atoms with Crippen molar-refractivity contribution in [3.63, 3.8) is 0 Å². The Morgan fingerprint density at radius 3 is 2.62 bits per heavy atom.